The Morgan fingerprint density at radius 1 is 1.15 bits per heavy atom. The molecule has 2 aliphatic heterocycles. The van der Waals surface area contributed by atoms with Crippen LogP contribution in [0.1, 0.15) is 26.3 Å². The topological polar surface area (TPSA) is 27.7 Å². The van der Waals surface area contributed by atoms with Gasteiger partial charge in [0, 0.05) is 5.57 Å². The smallest absolute Gasteiger partial charge is 0.164 e. The van der Waals surface area contributed by atoms with E-state index in [0.29, 0.717) is 0 Å². The highest BCUT2D eigenvalue weighted by Gasteiger charge is 2.46. The predicted molar refractivity (Wildman–Crippen MR) is 77.9 cm³/mol. The molecule has 3 heteroatoms. The van der Waals surface area contributed by atoms with E-state index in [4.69, 9.17) is 14.2 Å². The quantitative estimate of drug-likeness (QED) is 0.824. The fourth-order valence-electron chi connectivity index (χ4n) is 2.72. The first-order valence-corrected chi connectivity index (χ1v) is 6.95. The van der Waals surface area contributed by atoms with Crippen molar-refractivity contribution in [1.29, 1.82) is 0 Å². The third-order valence-corrected chi connectivity index (χ3v) is 3.67. The maximum atomic E-state index is 5.97. The minimum atomic E-state index is -0.563. The monoisotopic (exact) mass is 272 g/mol. The molecule has 0 N–H and O–H groups in total. The maximum Gasteiger partial charge on any atom is 0.164 e. The van der Waals surface area contributed by atoms with Crippen molar-refractivity contribution >= 4 is 5.57 Å². The molecule has 0 unspecified atom stereocenters. The van der Waals surface area contributed by atoms with E-state index in [0.717, 1.165) is 16.9 Å². The van der Waals surface area contributed by atoms with E-state index in [2.05, 4.69) is 6.58 Å². The molecule has 1 saturated heterocycles. The van der Waals surface area contributed by atoms with E-state index in [-0.39, 0.29) is 18.3 Å². The van der Waals surface area contributed by atoms with Crippen molar-refractivity contribution in [2.75, 3.05) is 0 Å². The molecule has 0 spiro atoms. The Bertz CT molecular complexity index is 545. The van der Waals surface area contributed by atoms with Crippen molar-refractivity contribution in [2.45, 2.75) is 44.9 Å². The first kappa shape index (κ1) is 13.4. The summed E-state index contributed by atoms with van der Waals surface area (Å²) in [6.45, 7) is 10.0. The number of hydrogen-bond donors (Lipinski definition) is 0. The van der Waals surface area contributed by atoms with E-state index >= 15 is 0 Å². The lowest BCUT2D eigenvalue weighted by Crippen LogP contribution is -2.38. The third-order valence-electron chi connectivity index (χ3n) is 3.67. The van der Waals surface area contributed by atoms with Crippen molar-refractivity contribution < 1.29 is 14.2 Å². The Balaban J connectivity index is 1.87. The molecule has 2 aliphatic rings. The minimum Gasteiger partial charge on any atom is -0.487 e. The Hall–Kier alpha value is -1.58. The van der Waals surface area contributed by atoms with Gasteiger partial charge in [0.15, 0.2) is 5.79 Å². The molecule has 3 rings (SSSR count). The molecule has 0 amide bonds. The Kier molecular flexibility index (Phi) is 3.19. The molecule has 20 heavy (non-hydrogen) atoms. The number of allylic oxidation sites excluding steroid dienone is 1. The fraction of sp³-hybridized carbons (Fsp3) is 0.412. The third kappa shape index (κ3) is 2.39. The molecule has 1 aromatic carbocycles. The maximum absolute atomic E-state index is 5.97. The van der Waals surface area contributed by atoms with Crippen LogP contribution in [0.2, 0.25) is 0 Å². The molecule has 1 fully saturated rings. The highest BCUT2D eigenvalue weighted by atomic mass is 16.8. The Morgan fingerprint density at radius 2 is 1.85 bits per heavy atom. The lowest BCUT2D eigenvalue weighted by molar-refractivity contribution is -0.151. The van der Waals surface area contributed by atoms with Crippen LogP contribution in [0.4, 0.5) is 0 Å². The summed E-state index contributed by atoms with van der Waals surface area (Å²) in [6.07, 6.45) is 1.79. The Labute approximate surface area is 119 Å². The summed E-state index contributed by atoms with van der Waals surface area (Å²) in [7, 11) is 0. The normalized spacial score (nSPS) is 31.1. The van der Waals surface area contributed by atoms with Gasteiger partial charge in [0.05, 0.1) is 0 Å². The molecule has 2 heterocycles. The zero-order valence-electron chi connectivity index (χ0n) is 12.1. The van der Waals surface area contributed by atoms with Gasteiger partial charge in [-0.25, -0.2) is 0 Å². The summed E-state index contributed by atoms with van der Waals surface area (Å²) in [5.41, 5.74) is 1.94. The van der Waals surface area contributed by atoms with Gasteiger partial charge in [-0.15, -0.1) is 0 Å². The molecule has 1 aromatic rings. The zero-order chi connectivity index (χ0) is 14.3. The highest BCUT2D eigenvalue weighted by molar-refractivity contribution is 5.75. The Morgan fingerprint density at radius 3 is 2.55 bits per heavy atom. The number of rotatable bonds is 2. The van der Waals surface area contributed by atoms with Gasteiger partial charge in [-0.3, -0.25) is 0 Å². The first-order valence-electron chi connectivity index (χ1n) is 6.95. The van der Waals surface area contributed by atoms with Crippen LogP contribution in [0.25, 0.3) is 5.57 Å². The average Bonchev–Trinajstić information content (AvgIpc) is 2.74. The van der Waals surface area contributed by atoms with Gasteiger partial charge in [-0.2, -0.15) is 0 Å². The second kappa shape index (κ2) is 4.76. The van der Waals surface area contributed by atoms with Gasteiger partial charge in [-0.1, -0.05) is 36.9 Å². The van der Waals surface area contributed by atoms with E-state index in [1.165, 1.54) is 0 Å². The summed E-state index contributed by atoms with van der Waals surface area (Å²) in [6, 6.07) is 10.0. The van der Waals surface area contributed by atoms with E-state index in [1.807, 2.05) is 57.2 Å². The molecule has 0 bridgehead atoms. The number of hydrogen-bond acceptors (Lipinski definition) is 3. The first-order chi connectivity index (χ1) is 9.46. The van der Waals surface area contributed by atoms with Gasteiger partial charge in [0.25, 0.3) is 0 Å². The summed E-state index contributed by atoms with van der Waals surface area (Å²) in [5.74, 6) is 0.221. The molecule has 0 aliphatic carbocycles. The number of ether oxygens (including phenoxy) is 3. The molecule has 3 nitrogen and oxygen atoms in total. The van der Waals surface area contributed by atoms with Crippen LogP contribution in [0.5, 0.6) is 0 Å². The summed E-state index contributed by atoms with van der Waals surface area (Å²) in [4.78, 5) is 0. The van der Waals surface area contributed by atoms with Crippen molar-refractivity contribution in [1.82, 2.24) is 0 Å². The lowest BCUT2D eigenvalue weighted by atomic mass is 9.99. The van der Waals surface area contributed by atoms with Crippen LogP contribution < -0.4 is 0 Å². The lowest BCUT2D eigenvalue weighted by Gasteiger charge is -2.30. The largest absolute Gasteiger partial charge is 0.487 e. The van der Waals surface area contributed by atoms with Gasteiger partial charge in [-0.05, 0) is 32.4 Å². The van der Waals surface area contributed by atoms with E-state index in [9.17, 15) is 0 Å². The van der Waals surface area contributed by atoms with Gasteiger partial charge in [0.1, 0.15) is 24.1 Å². The minimum absolute atomic E-state index is 0.0535. The molecule has 3 atom stereocenters. The molecule has 0 saturated carbocycles. The molecule has 0 radical (unpaired) electrons. The van der Waals surface area contributed by atoms with Gasteiger partial charge < -0.3 is 14.2 Å². The number of fused-ring (bicyclic) bond motifs is 1. The highest BCUT2D eigenvalue weighted by Crippen LogP contribution is 2.38. The fourth-order valence-corrected chi connectivity index (χ4v) is 2.72. The predicted octanol–water partition coefficient (Wildman–Crippen LogP) is 3.52. The van der Waals surface area contributed by atoms with Crippen molar-refractivity contribution in [3.63, 3.8) is 0 Å². The van der Waals surface area contributed by atoms with Crippen LogP contribution in [-0.4, -0.2) is 24.1 Å². The SMILES string of the molecule is C=C(C1=C[C@@H]2OC(C)(C)O[C@@H]2[C@@H](C)O1)c1ccccc1. The number of benzene rings is 1. The summed E-state index contributed by atoms with van der Waals surface area (Å²) in [5, 5.41) is 0. The van der Waals surface area contributed by atoms with E-state index < -0.39 is 5.79 Å². The standard InChI is InChI=1S/C17H20O3/c1-11(13-8-6-5-7-9-13)14-10-15-16(12(2)18-14)20-17(3,4)19-15/h5-10,12,15-16H,1H2,2-4H3/t12-,15+,16-/m1/s1. The molecular formula is C17H20O3. The van der Waals surface area contributed by atoms with Crippen molar-refractivity contribution in [2.24, 2.45) is 0 Å². The van der Waals surface area contributed by atoms with Crippen LogP contribution in [-0.2, 0) is 14.2 Å². The molecular weight excluding hydrogens is 252 g/mol. The van der Waals surface area contributed by atoms with Crippen molar-refractivity contribution in [3.8, 4) is 0 Å². The molecule has 0 aromatic heterocycles. The van der Waals surface area contributed by atoms with Crippen LogP contribution in [0.15, 0.2) is 48.7 Å². The van der Waals surface area contributed by atoms with Crippen LogP contribution >= 0.6 is 0 Å². The molecule has 106 valence electrons. The second-order valence-corrected chi connectivity index (χ2v) is 5.76. The van der Waals surface area contributed by atoms with Gasteiger partial charge >= 0.3 is 0 Å². The van der Waals surface area contributed by atoms with Crippen LogP contribution in [0, 0.1) is 0 Å². The summed E-state index contributed by atoms with van der Waals surface area (Å²) < 4.78 is 17.8. The van der Waals surface area contributed by atoms with Crippen molar-refractivity contribution in [3.05, 3.63) is 54.3 Å². The summed E-state index contributed by atoms with van der Waals surface area (Å²) >= 11 is 0. The van der Waals surface area contributed by atoms with E-state index in [1.54, 1.807) is 0 Å². The second-order valence-electron chi connectivity index (χ2n) is 5.76. The van der Waals surface area contributed by atoms with Crippen LogP contribution in [0.3, 0.4) is 0 Å². The average molecular weight is 272 g/mol. The van der Waals surface area contributed by atoms with Gasteiger partial charge in [0.2, 0.25) is 0 Å². The zero-order valence-corrected chi connectivity index (χ0v) is 12.1.